The number of hydrogen-bond acceptors (Lipinski definition) is 3. The summed E-state index contributed by atoms with van der Waals surface area (Å²) in [5, 5.41) is 5.84. The molecule has 0 saturated carbocycles. The monoisotopic (exact) mass is 220 g/mol. The van der Waals surface area contributed by atoms with E-state index in [1.54, 1.807) is 13.1 Å². The third-order valence-electron chi connectivity index (χ3n) is 2.74. The molecule has 1 aromatic rings. The molecule has 1 saturated heterocycles. The molecular weight excluding hydrogens is 204 g/mol. The Morgan fingerprint density at radius 1 is 1.56 bits per heavy atom. The average molecular weight is 220 g/mol. The fourth-order valence-corrected chi connectivity index (χ4v) is 1.92. The Labute approximate surface area is 95.0 Å². The summed E-state index contributed by atoms with van der Waals surface area (Å²) in [6.07, 6.45) is 1.91. The average Bonchev–Trinajstić information content (AvgIpc) is 2.83. The highest BCUT2D eigenvalue weighted by Gasteiger charge is 2.16. The van der Waals surface area contributed by atoms with Crippen LogP contribution in [0.5, 0.6) is 5.75 Å². The van der Waals surface area contributed by atoms with Crippen LogP contribution in [0.1, 0.15) is 24.4 Å². The van der Waals surface area contributed by atoms with Crippen molar-refractivity contribution in [1.29, 1.82) is 0 Å². The van der Waals surface area contributed by atoms with Crippen molar-refractivity contribution in [2.45, 2.75) is 18.9 Å². The third kappa shape index (κ3) is 2.52. The van der Waals surface area contributed by atoms with Gasteiger partial charge in [-0.25, -0.2) is 4.79 Å². The molecule has 1 amide bonds. The molecule has 1 unspecified atom stereocenters. The minimum absolute atomic E-state index is 0.397. The number of rotatable bonds is 2. The van der Waals surface area contributed by atoms with Gasteiger partial charge < -0.3 is 15.4 Å². The van der Waals surface area contributed by atoms with E-state index in [-0.39, 0.29) is 0 Å². The molecule has 86 valence electrons. The Morgan fingerprint density at radius 3 is 3.12 bits per heavy atom. The molecule has 1 heterocycles. The predicted molar refractivity (Wildman–Crippen MR) is 61.5 cm³/mol. The van der Waals surface area contributed by atoms with Crippen LogP contribution in [0, 0.1) is 0 Å². The van der Waals surface area contributed by atoms with Gasteiger partial charge in [0.2, 0.25) is 0 Å². The van der Waals surface area contributed by atoms with E-state index in [0.29, 0.717) is 11.8 Å². The first-order valence-corrected chi connectivity index (χ1v) is 5.52. The molecule has 1 aromatic carbocycles. The van der Waals surface area contributed by atoms with Crippen molar-refractivity contribution in [3.8, 4) is 5.75 Å². The zero-order chi connectivity index (χ0) is 11.4. The number of carbonyl (C=O) groups excluding carboxylic acids is 1. The summed E-state index contributed by atoms with van der Waals surface area (Å²) in [6.45, 7) is 1.06. The van der Waals surface area contributed by atoms with Crippen molar-refractivity contribution < 1.29 is 9.53 Å². The largest absolute Gasteiger partial charge is 0.412 e. The first-order chi connectivity index (χ1) is 7.79. The van der Waals surface area contributed by atoms with Crippen LogP contribution in [0.15, 0.2) is 24.3 Å². The van der Waals surface area contributed by atoms with Gasteiger partial charge in [-0.1, -0.05) is 12.1 Å². The van der Waals surface area contributed by atoms with Gasteiger partial charge >= 0.3 is 6.09 Å². The van der Waals surface area contributed by atoms with Crippen LogP contribution >= 0.6 is 0 Å². The molecule has 2 N–H and O–H groups in total. The number of nitrogens with one attached hydrogen (secondary N) is 2. The standard InChI is InChI=1S/C12H16N2O2/c1-13-12(15)16-10-5-2-4-9(8-10)11-6-3-7-14-11/h2,4-5,8,11,14H,3,6-7H2,1H3,(H,13,15). The second-order valence-electron chi connectivity index (χ2n) is 3.86. The normalized spacial score (nSPS) is 19.4. The van der Waals surface area contributed by atoms with E-state index in [9.17, 15) is 4.79 Å². The summed E-state index contributed by atoms with van der Waals surface area (Å²) < 4.78 is 5.09. The molecule has 2 rings (SSSR count). The smallest absolute Gasteiger partial charge is 0.410 e. The first-order valence-electron chi connectivity index (χ1n) is 5.52. The fraction of sp³-hybridized carbons (Fsp3) is 0.417. The highest BCUT2D eigenvalue weighted by molar-refractivity contribution is 5.69. The number of hydrogen-bond donors (Lipinski definition) is 2. The maximum Gasteiger partial charge on any atom is 0.412 e. The van der Waals surface area contributed by atoms with Crippen molar-refractivity contribution in [2.24, 2.45) is 0 Å². The van der Waals surface area contributed by atoms with Gasteiger partial charge in [0.05, 0.1) is 0 Å². The lowest BCUT2D eigenvalue weighted by molar-refractivity contribution is 0.203. The molecule has 0 bridgehead atoms. The molecule has 0 spiro atoms. The maximum absolute atomic E-state index is 11.1. The Morgan fingerprint density at radius 2 is 2.44 bits per heavy atom. The molecule has 1 aliphatic heterocycles. The van der Waals surface area contributed by atoms with Crippen molar-refractivity contribution in [3.63, 3.8) is 0 Å². The summed E-state index contributed by atoms with van der Waals surface area (Å²) in [7, 11) is 1.55. The van der Waals surface area contributed by atoms with Gasteiger partial charge in [-0.3, -0.25) is 0 Å². The lowest BCUT2D eigenvalue weighted by Crippen LogP contribution is -2.22. The molecule has 0 aromatic heterocycles. The van der Waals surface area contributed by atoms with Gasteiger partial charge in [0.25, 0.3) is 0 Å². The third-order valence-corrected chi connectivity index (χ3v) is 2.74. The lowest BCUT2D eigenvalue weighted by atomic mass is 10.1. The molecule has 16 heavy (non-hydrogen) atoms. The number of amides is 1. The number of ether oxygens (including phenoxy) is 1. The summed E-state index contributed by atoms with van der Waals surface area (Å²) >= 11 is 0. The van der Waals surface area contributed by atoms with Crippen LogP contribution in [0.3, 0.4) is 0 Å². The SMILES string of the molecule is CNC(=O)Oc1cccc(C2CCCN2)c1. The summed E-state index contributed by atoms with van der Waals surface area (Å²) in [5.41, 5.74) is 1.18. The van der Waals surface area contributed by atoms with Gasteiger partial charge in [-0.05, 0) is 37.1 Å². The van der Waals surface area contributed by atoms with Crippen LogP contribution in [0.2, 0.25) is 0 Å². The van der Waals surface area contributed by atoms with E-state index in [0.717, 1.165) is 13.0 Å². The van der Waals surface area contributed by atoms with Crippen LogP contribution < -0.4 is 15.4 Å². The van der Waals surface area contributed by atoms with E-state index in [1.807, 2.05) is 12.1 Å². The number of benzene rings is 1. The van der Waals surface area contributed by atoms with E-state index in [1.165, 1.54) is 12.0 Å². The van der Waals surface area contributed by atoms with Crippen LogP contribution in [-0.2, 0) is 0 Å². The second-order valence-corrected chi connectivity index (χ2v) is 3.86. The lowest BCUT2D eigenvalue weighted by Gasteiger charge is -2.11. The molecule has 1 atom stereocenters. The van der Waals surface area contributed by atoms with Crippen LogP contribution in [0.25, 0.3) is 0 Å². The summed E-state index contributed by atoms with van der Waals surface area (Å²) in [4.78, 5) is 11.1. The van der Waals surface area contributed by atoms with Gasteiger partial charge in [0.15, 0.2) is 0 Å². The van der Waals surface area contributed by atoms with E-state index in [2.05, 4.69) is 16.7 Å². The highest BCUT2D eigenvalue weighted by atomic mass is 16.5. The van der Waals surface area contributed by atoms with Gasteiger partial charge in [0, 0.05) is 13.1 Å². The van der Waals surface area contributed by atoms with Crippen molar-refractivity contribution in [3.05, 3.63) is 29.8 Å². The van der Waals surface area contributed by atoms with Crippen molar-refractivity contribution in [2.75, 3.05) is 13.6 Å². The maximum atomic E-state index is 11.1. The Kier molecular flexibility index (Phi) is 3.41. The molecule has 0 aliphatic carbocycles. The number of carbonyl (C=O) groups is 1. The molecule has 1 fully saturated rings. The molecular formula is C12H16N2O2. The fourth-order valence-electron chi connectivity index (χ4n) is 1.92. The topological polar surface area (TPSA) is 50.4 Å². The van der Waals surface area contributed by atoms with E-state index >= 15 is 0 Å². The zero-order valence-corrected chi connectivity index (χ0v) is 9.32. The zero-order valence-electron chi connectivity index (χ0n) is 9.32. The van der Waals surface area contributed by atoms with E-state index in [4.69, 9.17) is 4.74 Å². The Hall–Kier alpha value is -1.55. The predicted octanol–water partition coefficient (Wildman–Crippen LogP) is 1.83. The molecule has 4 nitrogen and oxygen atoms in total. The van der Waals surface area contributed by atoms with Gasteiger partial charge in [0.1, 0.15) is 5.75 Å². The molecule has 4 heteroatoms. The Bertz CT molecular complexity index is 373. The second kappa shape index (κ2) is 4.99. The molecule has 1 aliphatic rings. The van der Waals surface area contributed by atoms with Gasteiger partial charge in [-0.15, -0.1) is 0 Å². The van der Waals surface area contributed by atoms with Crippen LogP contribution in [0.4, 0.5) is 4.79 Å². The van der Waals surface area contributed by atoms with Crippen LogP contribution in [-0.4, -0.2) is 19.7 Å². The minimum atomic E-state index is -0.434. The van der Waals surface area contributed by atoms with Gasteiger partial charge in [-0.2, -0.15) is 0 Å². The highest BCUT2D eigenvalue weighted by Crippen LogP contribution is 2.25. The molecule has 0 radical (unpaired) electrons. The van der Waals surface area contributed by atoms with Crippen molar-refractivity contribution in [1.82, 2.24) is 10.6 Å². The van der Waals surface area contributed by atoms with E-state index < -0.39 is 6.09 Å². The first kappa shape index (κ1) is 11.0. The summed E-state index contributed by atoms with van der Waals surface area (Å²) in [5.74, 6) is 0.588. The quantitative estimate of drug-likeness (QED) is 0.799. The summed E-state index contributed by atoms with van der Waals surface area (Å²) in [6, 6.07) is 8.06. The van der Waals surface area contributed by atoms with Crippen molar-refractivity contribution >= 4 is 6.09 Å². The minimum Gasteiger partial charge on any atom is -0.410 e. The Balaban J connectivity index is 2.09.